The minimum absolute atomic E-state index is 0.0358. The molecule has 0 spiro atoms. The zero-order chi connectivity index (χ0) is 19.9. The number of hydrogen-bond donors (Lipinski definition) is 1. The average Bonchev–Trinajstić information content (AvgIpc) is 3.02. The summed E-state index contributed by atoms with van der Waals surface area (Å²) < 4.78 is 1.42. The molecule has 0 aliphatic heterocycles. The van der Waals surface area contributed by atoms with Gasteiger partial charge in [0.15, 0.2) is 0 Å². The zero-order valence-corrected chi connectivity index (χ0v) is 17.3. The first-order chi connectivity index (χ1) is 13.3. The van der Waals surface area contributed by atoms with Crippen LogP contribution in [-0.4, -0.2) is 15.5 Å². The van der Waals surface area contributed by atoms with Gasteiger partial charge in [0.05, 0.1) is 11.7 Å². The highest BCUT2D eigenvalue weighted by Gasteiger charge is 2.31. The molecule has 2 aromatic heterocycles. The van der Waals surface area contributed by atoms with Crippen molar-refractivity contribution in [2.24, 2.45) is 11.3 Å². The molecule has 4 rings (SSSR count). The Morgan fingerprint density at radius 2 is 2.04 bits per heavy atom. The lowest BCUT2D eigenvalue weighted by Crippen LogP contribution is -2.29. The number of rotatable bonds is 3. The summed E-state index contributed by atoms with van der Waals surface area (Å²) in [7, 11) is 0. The predicted molar refractivity (Wildman–Crippen MR) is 114 cm³/mol. The summed E-state index contributed by atoms with van der Waals surface area (Å²) in [5.74, 6) is 0.387. The molecule has 0 saturated heterocycles. The van der Waals surface area contributed by atoms with Crippen LogP contribution >= 0.6 is 11.3 Å². The summed E-state index contributed by atoms with van der Waals surface area (Å²) in [6.45, 7) is 6.82. The Morgan fingerprint density at radius 1 is 1.29 bits per heavy atom. The van der Waals surface area contributed by atoms with Crippen LogP contribution in [0.2, 0.25) is 0 Å². The molecule has 1 aliphatic rings. The maximum atomic E-state index is 13.1. The molecule has 5 nitrogen and oxygen atoms in total. The fourth-order valence-electron chi connectivity index (χ4n) is 3.93. The van der Waals surface area contributed by atoms with Crippen molar-refractivity contribution in [3.8, 4) is 0 Å². The number of para-hydroxylation sites is 1. The largest absolute Gasteiger partial charge is 0.325 e. The third kappa shape index (κ3) is 3.61. The lowest BCUT2D eigenvalue weighted by atomic mass is 9.72. The SMILES string of the molecule is CC(C)(C)[C@H]1CCc2c(sc3ncn(CC(=O)Nc4ccccc4)c(=O)c23)C1. The van der Waals surface area contributed by atoms with Crippen molar-refractivity contribution in [1.82, 2.24) is 9.55 Å². The molecule has 3 aromatic rings. The third-order valence-electron chi connectivity index (χ3n) is 5.63. The molecule has 146 valence electrons. The van der Waals surface area contributed by atoms with Gasteiger partial charge in [-0.05, 0) is 48.3 Å². The number of amides is 1. The van der Waals surface area contributed by atoms with Gasteiger partial charge in [-0.15, -0.1) is 11.3 Å². The first-order valence-electron chi connectivity index (χ1n) is 9.67. The van der Waals surface area contributed by atoms with Crippen molar-refractivity contribution in [2.75, 3.05) is 5.32 Å². The van der Waals surface area contributed by atoms with Gasteiger partial charge in [0.25, 0.3) is 5.56 Å². The van der Waals surface area contributed by atoms with Gasteiger partial charge >= 0.3 is 0 Å². The highest BCUT2D eigenvalue weighted by atomic mass is 32.1. The van der Waals surface area contributed by atoms with E-state index in [1.54, 1.807) is 11.3 Å². The average molecular weight is 396 g/mol. The van der Waals surface area contributed by atoms with E-state index in [9.17, 15) is 9.59 Å². The Balaban J connectivity index is 1.61. The van der Waals surface area contributed by atoms with Crippen LogP contribution in [0.1, 0.15) is 37.6 Å². The number of benzene rings is 1. The molecule has 1 amide bonds. The van der Waals surface area contributed by atoms with E-state index in [-0.39, 0.29) is 23.4 Å². The van der Waals surface area contributed by atoms with Gasteiger partial charge in [0, 0.05) is 10.6 Å². The highest BCUT2D eigenvalue weighted by molar-refractivity contribution is 7.18. The minimum atomic E-state index is -0.230. The molecular weight excluding hydrogens is 370 g/mol. The van der Waals surface area contributed by atoms with E-state index in [0.717, 1.165) is 35.3 Å². The summed E-state index contributed by atoms with van der Waals surface area (Å²) in [6.07, 6.45) is 4.51. The van der Waals surface area contributed by atoms with E-state index in [1.807, 2.05) is 30.3 Å². The van der Waals surface area contributed by atoms with Crippen molar-refractivity contribution in [3.05, 3.63) is 57.5 Å². The number of nitrogens with zero attached hydrogens (tertiary/aromatic N) is 2. The normalized spacial score (nSPS) is 16.8. The van der Waals surface area contributed by atoms with Gasteiger partial charge in [-0.1, -0.05) is 39.0 Å². The van der Waals surface area contributed by atoms with Gasteiger partial charge in [-0.2, -0.15) is 0 Å². The second-order valence-electron chi connectivity index (χ2n) is 8.58. The van der Waals surface area contributed by atoms with E-state index in [0.29, 0.717) is 11.3 Å². The Hall–Kier alpha value is -2.47. The molecular formula is C22H25N3O2S. The Bertz CT molecular complexity index is 1080. The summed E-state index contributed by atoms with van der Waals surface area (Å²) in [5.41, 5.74) is 2.02. The predicted octanol–water partition coefficient (Wildman–Crippen LogP) is 4.25. The molecule has 28 heavy (non-hydrogen) atoms. The Labute approximate surface area is 168 Å². The number of aryl methyl sites for hydroxylation is 1. The van der Waals surface area contributed by atoms with Gasteiger partial charge in [0.1, 0.15) is 11.4 Å². The number of aromatic nitrogens is 2. The fourth-order valence-corrected chi connectivity index (χ4v) is 5.19. The molecule has 6 heteroatoms. The topological polar surface area (TPSA) is 64.0 Å². The monoisotopic (exact) mass is 395 g/mol. The number of fused-ring (bicyclic) bond motifs is 3. The smallest absolute Gasteiger partial charge is 0.262 e. The van der Waals surface area contributed by atoms with Crippen LogP contribution in [0.3, 0.4) is 0 Å². The van der Waals surface area contributed by atoms with Crippen molar-refractivity contribution >= 4 is 33.1 Å². The fraction of sp³-hybridized carbons (Fsp3) is 0.409. The van der Waals surface area contributed by atoms with E-state index in [4.69, 9.17) is 0 Å². The maximum absolute atomic E-state index is 13.1. The van der Waals surface area contributed by atoms with Gasteiger partial charge in [-0.25, -0.2) is 4.98 Å². The maximum Gasteiger partial charge on any atom is 0.262 e. The number of thiophene rings is 1. The van der Waals surface area contributed by atoms with Gasteiger partial charge in [0.2, 0.25) is 5.91 Å². The quantitative estimate of drug-likeness (QED) is 0.721. The number of anilines is 1. The van der Waals surface area contributed by atoms with Crippen molar-refractivity contribution in [2.45, 2.75) is 46.6 Å². The van der Waals surface area contributed by atoms with Crippen LogP contribution in [0.15, 0.2) is 41.5 Å². The first-order valence-corrected chi connectivity index (χ1v) is 10.5. The first kappa shape index (κ1) is 18.9. The van der Waals surface area contributed by atoms with Gasteiger partial charge < -0.3 is 5.32 Å². The molecule has 2 heterocycles. The molecule has 1 aromatic carbocycles. The van der Waals surface area contributed by atoms with Crippen LogP contribution < -0.4 is 10.9 Å². The summed E-state index contributed by atoms with van der Waals surface area (Å²) in [4.78, 5) is 32.0. The van der Waals surface area contributed by atoms with Crippen LogP contribution in [-0.2, 0) is 24.2 Å². The standard InChI is InChI=1S/C22H25N3O2S/c1-22(2,3)14-9-10-16-17(11-14)28-20-19(16)21(27)25(13-23-20)12-18(26)24-15-7-5-4-6-8-15/h4-8,13-14H,9-12H2,1-3H3,(H,24,26)/t14-/m0/s1. The molecule has 1 atom stereocenters. The van der Waals surface area contributed by atoms with E-state index in [2.05, 4.69) is 31.1 Å². The van der Waals surface area contributed by atoms with Gasteiger partial charge in [-0.3, -0.25) is 14.2 Å². The number of nitrogens with one attached hydrogen (secondary N) is 1. The summed E-state index contributed by atoms with van der Waals surface area (Å²) in [6, 6.07) is 9.25. The summed E-state index contributed by atoms with van der Waals surface area (Å²) >= 11 is 1.64. The van der Waals surface area contributed by atoms with E-state index in [1.165, 1.54) is 15.8 Å². The molecule has 1 aliphatic carbocycles. The lowest BCUT2D eigenvalue weighted by Gasteiger charge is -2.33. The second-order valence-corrected chi connectivity index (χ2v) is 9.67. The van der Waals surface area contributed by atoms with Crippen LogP contribution in [0.25, 0.3) is 10.2 Å². The van der Waals surface area contributed by atoms with Crippen molar-refractivity contribution in [3.63, 3.8) is 0 Å². The number of hydrogen-bond acceptors (Lipinski definition) is 4. The molecule has 1 N–H and O–H groups in total. The van der Waals surface area contributed by atoms with Crippen molar-refractivity contribution < 1.29 is 4.79 Å². The van der Waals surface area contributed by atoms with Crippen LogP contribution in [0.4, 0.5) is 5.69 Å². The van der Waals surface area contributed by atoms with Crippen LogP contribution in [0, 0.1) is 11.3 Å². The Kier molecular flexibility index (Phi) is 4.83. The summed E-state index contributed by atoms with van der Waals surface area (Å²) in [5, 5.41) is 3.53. The number of carbonyl (C=O) groups is 1. The van der Waals surface area contributed by atoms with E-state index < -0.39 is 0 Å². The van der Waals surface area contributed by atoms with E-state index >= 15 is 0 Å². The molecule has 0 saturated carbocycles. The lowest BCUT2D eigenvalue weighted by molar-refractivity contribution is -0.116. The zero-order valence-electron chi connectivity index (χ0n) is 16.5. The Morgan fingerprint density at radius 3 is 2.75 bits per heavy atom. The molecule has 0 unspecified atom stereocenters. The van der Waals surface area contributed by atoms with Crippen LogP contribution in [0.5, 0.6) is 0 Å². The molecule has 0 radical (unpaired) electrons. The second kappa shape index (κ2) is 7.17. The highest BCUT2D eigenvalue weighted by Crippen LogP contribution is 2.41. The molecule has 0 bridgehead atoms. The van der Waals surface area contributed by atoms with Crippen molar-refractivity contribution in [1.29, 1.82) is 0 Å². The molecule has 0 fully saturated rings. The minimum Gasteiger partial charge on any atom is -0.325 e. The third-order valence-corrected chi connectivity index (χ3v) is 6.79. The number of carbonyl (C=O) groups excluding carboxylic acids is 1.